The van der Waals surface area contributed by atoms with Gasteiger partial charge in [-0.15, -0.1) is 0 Å². The number of aliphatic hydroxyl groups is 1. The summed E-state index contributed by atoms with van der Waals surface area (Å²) in [7, 11) is 0. The average molecular weight is 208 g/mol. The van der Waals surface area contributed by atoms with Gasteiger partial charge in [0.2, 0.25) is 5.91 Å². The van der Waals surface area contributed by atoms with E-state index < -0.39 is 0 Å². The van der Waals surface area contributed by atoms with E-state index in [-0.39, 0.29) is 24.5 Å². The van der Waals surface area contributed by atoms with Crippen LogP contribution >= 0.6 is 0 Å². The van der Waals surface area contributed by atoms with Crippen molar-refractivity contribution in [3.63, 3.8) is 0 Å². The number of aliphatic hydroxyl groups excluding tert-OH is 1. The van der Waals surface area contributed by atoms with Crippen LogP contribution in [0.25, 0.3) is 0 Å². The van der Waals surface area contributed by atoms with Gasteiger partial charge in [-0.3, -0.25) is 9.78 Å². The number of amides is 1. The predicted molar refractivity (Wildman–Crippen MR) is 57.0 cm³/mol. The van der Waals surface area contributed by atoms with Crippen LogP contribution in [0.2, 0.25) is 0 Å². The van der Waals surface area contributed by atoms with E-state index in [1.807, 2.05) is 19.9 Å². The monoisotopic (exact) mass is 208 g/mol. The summed E-state index contributed by atoms with van der Waals surface area (Å²) in [4.78, 5) is 15.4. The summed E-state index contributed by atoms with van der Waals surface area (Å²) in [6.07, 6.45) is 3.30. The fourth-order valence-electron chi connectivity index (χ4n) is 1.15. The third-order valence-electron chi connectivity index (χ3n) is 2.11. The lowest BCUT2D eigenvalue weighted by molar-refractivity contribution is -0.125. The van der Waals surface area contributed by atoms with E-state index in [9.17, 15) is 4.79 Å². The van der Waals surface area contributed by atoms with Crippen LogP contribution in [-0.4, -0.2) is 22.6 Å². The minimum atomic E-state index is -0.367. The van der Waals surface area contributed by atoms with Gasteiger partial charge in [0, 0.05) is 18.3 Å². The minimum Gasteiger partial charge on any atom is -0.394 e. The molecule has 4 heteroatoms. The molecule has 82 valence electrons. The third kappa shape index (κ3) is 3.32. The van der Waals surface area contributed by atoms with Crippen LogP contribution in [0.1, 0.15) is 25.5 Å². The molecule has 1 amide bonds. The second-order valence-electron chi connectivity index (χ2n) is 3.68. The molecule has 0 spiro atoms. The van der Waals surface area contributed by atoms with E-state index >= 15 is 0 Å². The summed E-state index contributed by atoms with van der Waals surface area (Å²) >= 11 is 0. The highest BCUT2D eigenvalue weighted by Crippen LogP contribution is 2.10. The first-order valence-corrected chi connectivity index (χ1v) is 4.96. The van der Waals surface area contributed by atoms with Gasteiger partial charge >= 0.3 is 0 Å². The number of carbonyl (C=O) groups is 1. The Morgan fingerprint density at radius 2 is 2.33 bits per heavy atom. The molecule has 1 atom stereocenters. The Morgan fingerprint density at radius 3 is 2.80 bits per heavy atom. The van der Waals surface area contributed by atoms with Crippen molar-refractivity contribution in [2.24, 2.45) is 5.92 Å². The molecular weight excluding hydrogens is 192 g/mol. The molecule has 0 aromatic carbocycles. The lowest BCUT2D eigenvalue weighted by atomic mass is 10.1. The molecule has 1 heterocycles. The zero-order chi connectivity index (χ0) is 11.3. The Kier molecular flexibility index (Phi) is 4.24. The molecule has 0 saturated heterocycles. The number of hydrogen-bond donors (Lipinski definition) is 2. The number of nitrogens with zero attached hydrogens (tertiary/aromatic N) is 1. The molecule has 1 rings (SSSR count). The molecule has 2 N–H and O–H groups in total. The molecular formula is C11H16N2O2. The maximum atomic E-state index is 11.4. The minimum absolute atomic E-state index is 0.0714. The number of aromatic nitrogens is 1. The number of nitrogens with one attached hydrogen (secondary N) is 1. The van der Waals surface area contributed by atoms with E-state index in [2.05, 4.69) is 10.3 Å². The van der Waals surface area contributed by atoms with Crippen LogP contribution in [0, 0.1) is 5.92 Å². The molecule has 0 fully saturated rings. The van der Waals surface area contributed by atoms with Crippen molar-refractivity contribution in [1.82, 2.24) is 10.3 Å². The van der Waals surface area contributed by atoms with E-state index in [1.165, 1.54) is 0 Å². The number of hydrogen-bond acceptors (Lipinski definition) is 3. The van der Waals surface area contributed by atoms with Crippen molar-refractivity contribution in [2.45, 2.75) is 19.9 Å². The molecule has 0 saturated carbocycles. The molecule has 1 aromatic heterocycles. The second-order valence-corrected chi connectivity index (χ2v) is 3.68. The molecule has 0 bridgehead atoms. The zero-order valence-corrected chi connectivity index (χ0v) is 8.97. The van der Waals surface area contributed by atoms with Crippen LogP contribution in [0.15, 0.2) is 24.5 Å². The molecule has 1 aromatic rings. The zero-order valence-electron chi connectivity index (χ0n) is 8.97. The van der Waals surface area contributed by atoms with Crippen molar-refractivity contribution in [2.75, 3.05) is 6.61 Å². The van der Waals surface area contributed by atoms with E-state index in [1.54, 1.807) is 18.5 Å². The van der Waals surface area contributed by atoms with E-state index in [4.69, 9.17) is 5.11 Å². The lowest BCUT2D eigenvalue weighted by Gasteiger charge is -2.17. The molecule has 4 nitrogen and oxygen atoms in total. The summed E-state index contributed by atoms with van der Waals surface area (Å²) in [6, 6.07) is 3.24. The van der Waals surface area contributed by atoms with E-state index in [0.717, 1.165) is 5.56 Å². The summed E-state index contributed by atoms with van der Waals surface area (Å²) in [5.41, 5.74) is 0.814. The average Bonchev–Trinajstić information content (AvgIpc) is 2.26. The van der Waals surface area contributed by atoms with Crippen LogP contribution in [-0.2, 0) is 4.79 Å². The standard InChI is InChI=1S/C11H16N2O2/c1-8(2)11(15)13-10(7-14)9-4-3-5-12-6-9/h3-6,8,10,14H,7H2,1-2H3,(H,13,15). The summed E-state index contributed by atoms with van der Waals surface area (Å²) < 4.78 is 0. The Morgan fingerprint density at radius 1 is 1.60 bits per heavy atom. The maximum absolute atomic E-state index is 11.4. The second kappa shape index (κ2) is 5.46. The van der Waals surface area contributed by atoms with Crippen LogP contribution in [0.3, 0.4) is 0 Å². The van der Waals surface area contributed by atoms with Crippen molar-refractivity contribution >= 4 is 5.91 Å². The first-order valence-electron chi connectivity index (χ1n) is 4.96. The molecule has 0 aliphatic heterocycles. The smallest absolute Gasteiger partial charge is 0.223 e. The van der Waals surface area contributed by atoms with Crippen molar-refractivity contribution in [1.29, 1.82) is 0 Å². The summed E-state index contributed by atoms with van der Waals surface area (Å²) in [5, 5.41) is 11.9. The van der Waals surface area contributed by atoms with Crippen LogP contribution in [0.4, 0.5) is 0 Å². The van der Waals surface area contributed by atoms with Gasteiger partial charge in [-0.1, -0.05) is 19.9 Å². The number of carbonyl (C=O) groups excluding carboxylic acids is 1. The maximum Gasteiger partial charge on any atom is 0.223 e. The molecule has 0 aliphatic carbocycles. The van der Waals surface area contributed by atoms with Gasteiger partial charge < -0.3 is 10.4 Å². The number of pyridine rings is 1. The fraction of sp³-hybridized carbons (Fsp3) is 0.455. The highest BCUT2D eigenvalue weighted by atomic mass is 16.3. The van der Waals surface area contributed by atoms with Gasteiger partial charge in [0.05, 0.1) is 12.6 Å². The Balaban J connectivity index is 2.69. The molecule has 15 heavy (non-hydrogen) atoms. The lowest BCUT2D eigenvalue weighted by Crippen LogP contribution is -2.33. The highest BCUT2D eigenvalue weighted by molar-refractivity contribution is 5.78. The Bertz CT molecular complexity index is 312. The van der Waals surface area contributed by atoms with Crippen molar-refractivity contribution in [3.05, 3.63) is 30.1 Å². The van der Waals surface area contributed by atoms with Gasteiger partial charge in [-0.25, -0.2) is 0 Å². The SMILES string of the molecule is CC(C)C(=O)NC(CO)c1cccnc1. The van der Waals surface area contributed by atoms with Gasteiger partial charge in [0.25, 0.3) is 0 Å². The quantitative estimate of drug-likeness (QED) is 0.772. The fourth-order valence-corrected chi connectivity index (χ4v) is 1.15. The van der Waals surface area contributed by atoms with Gasteiger partial charge in [0.15, 0.2) is 0 Å². The van der Waals surface area contributed by atoms with E-state index in [0.29, 0.717) is 0 Å². The molecule has 0 radical (unpaired) electrons. The first kappa shape index (κ1) is 11.7. The third-order valence-corrected chi connectivity index (χ3v) is 2.11. The Hall–Kier alpha value is -1.42. The molecule has 0 aliphatic rings. The molecule has 1 unspecified atom stereocenters. The normalized spacial score (nSPS) is 12.5. The van der Waals surface area contributed by atoms with Gasteiger partial charge in [-0.2, -0.15) is 0 Å². The van der Waals surface area contributed by atoms with Gasteiger partial charge in [0.1, 0.15) is 0 Å². The largest absolute Gasteiger partial charge is 0.394 e. The topological polar surface area (TPSA) is 62.2 Å². The van der Waals surface area contributed by atoms with Crippen molar-refractivity contribution < 1.29 is 9.90 Å². The predicted octanol–water partition coefficient (Wildman–Crippen LogP) is 0.887. The summed E-state index contributed by atoms with van der Waals surface area (Å²) in [5.74, 6) is -0.159. The first-order chi connectivity index (χ1) is 7.15. The Labute approximate surface area is 89.3 Å². The number of rotatable bonds is 4. The van der Waals surface area contributed by atoms with Crippen molar-refractivity contribution in [3.8, 4) is 0 Å². The van der Waals surface area contributed by atoms with Gasteiger partial charge in [-0.05, 0) is 11.6 Å². The van der Waals surface area contributed by atoms with Crippen LogP contribution < -0.4 is 5.32 Å². The van der Waals surface area contributed by atoms with Crippen LogP contribution in [0.5, 0.6) is 0 Å². The summed E-state index contributed by atoms with van der Waals surface area (Å²) in [6.45, 7) is 3.50. The highest BCUT2D eigenvalue weighted by Gasteiger charge is 2.15.